The van der Waals surface area contributed by atoms with Crippen LogP contribution < -0.4 is 10.6 Å². The maximum atomic E-state index is 12.2. The predicted molar refractivity (Wildman–Crippen MR) is 89.3 cm³/mol. The largest absolute Gasteiger partial charge is 0.372 e. The van der Waals surface area contributed by atoms with Gasteiger partial charge in [-0.05, 0) is 31.2 Å². The molecule has 1 saturated heterocycles. The van der Waals surface area contributed by atoms with Crippen LogP contribution in [0.2, 0.25) is 0 Å². The zero-order valence-electron chi connectivity index (χ0n) is 13.4. The fourth-order valence-corrected chi connectivity index (χ4v) is 3.58. The lowest BCUT2D eigenvalue weighted by Gasteiger charge is -2.30. The summed E-state index contributed by atoms with van der Waals surface area (Å²) in [6.45, 7) is 2.63. The molecular weight excluding hydrogens is 312 g/mol. The molecule has 0 aromatic carbocycles. The third-order valence-corrected chi connectivity index (χ3v) is 5.18. The lowest BCUT2D eigenvalue weighted by atomic mass is 10.0. The van der Waals surface area contributed by atoms with Crippen molar-refractivity contribution in [3.8, 4) is 0 Å². The first-order valence-electron chi connectivity index (χ1n) is 7.81. The van der Waals surface area contributed by atoms with Crippen LogP contribution in [0.5, 0.6) is 0 Å². The molecule has 2 amide bonds. The highest BCUT2D eigenvalue weighted by molar-refractivity contribution is 7.10. The smallest absolute Gasteiger partial charge is 0.315 e. The molecule has 0 aliphatic carbocycles. The maximum absolute atomic E-state index is 12.2. The molecule has 1 fully saturated rings. The Balaban J connectivity index is 1.53. The Hall–Kier alpha value is -1.86. The first kappa shape index (κ1) is 16.0. The van der Waals surface area contributed by atoms with Crippen LogP contribution in [0.1, 0.15) is 42.5 Å². The summed E-state index contributed by atoms with van der Waals surface area (Å²) in [4.78, 5) is 17.5. The van der Waals surface area contributed by atoms with E-state index in [1.807, 2.05) is 42.2 Å². The highest BCUT2D eigenvalue weighted by Crippen LogP contribution is 2.27. The van der Waals surface area contributed by atoms with Gasteiger partial charge in [-0.15, -0.1) is 11.3 Å². The van der Waals surface area contributed by atoms with E-state index in [1.165, 1.54) is 0 Å². The van der Waals surface area contributed by atoms with Crippen molar-refractivity contribution in [2.24, 2.45) is 7.05 Å². The number of aromatic nitrogens is 2. The number of nitrogens with one attached hydrogen (secondary N) is 2. The van der Waals surface area contributed by atoms with E-state index in [2.05, 4.69) is 15.6 Å². The summed E-state index contributed by atoms with van der Waals surface area (Å²) >= 11 is 1.65. The molecule has 3 heterocycles. The van der Waals surface area contributed by atoms with Crippen LogP contribution >= 0.6 is 11.3 Å². The third kappa shape index (κ3) is 3.92. The third-order valence-electron chi connectivity index (χ3n) is 4.12. The number of thiophene rings is 1. The highest BCUT2D eigenvalue weighted by Gasteiger charge is 2.27. The SMILES string of the molecule is C[C@H](NC(=O)N[C@H]1CCO[C@@H](c2cncn2C)C1)c1cccs1. The number of rotatable bonds is 4. The number of aryl methyl sites for hydroxylation is 1. The minimum absolute atomic E-state index is 0.0164. The van der Waals surface area contributed by atoms with Gasteiger partial charge in [-0.3, -0.25) is 0 Å². The molecule has 2 aromatic rings. The van der Waals surface area contributed by atoms with Gasteiger partial charge in [0.2, 0.25) is 0 Å². The van der Waals surface area contributed by atoms with Gasteiger partial charge in [0.25, 0.3) is 0 Å². The van der Waals surface area contributed by atoms with E-state index in [-0.39, 0.29) is 24.2 Å². The molecule has 6 nitrogen and oxygen atoms in total. The van der Waals surface area contributed by atoms with Crippen molar-refractivity contribution in [3.63, 3.8) is 0 Å². The Kier molecular flexibility index (Phi) is 4.97. The van der Waals surface area contributed by atoms with Crippen molar-refractivity contribution >= 4 is 17.4 Å². The van der Waals surface area contributed by atoms with Crippen LogP contribution in [0.15, 0.2) is 30.0 Å². The topological polar surface area (TPSA) is 68.2 Å². The van der Waals surface area contributed by atoms with Crippen molar-refractivity contribution in [3.05, 3.63) is 40.6 Å². The van der Waals surface area contributed by atoms with Crippen LogP contribution in [-0.4, -0.2) is 28.2 Å². The number of hydrogen-bond donors (Lipinski definition) is 2. The van der Waals surface area contributed by atoms with E-state index >= 15 is 0 Å². The van der Waals surface area contributed by atoms with E-state index < -0.39 is 0 Å². The first-order chi connectivity index (χ1) is 11.1. The average molecular weight is 334 g/mol. The molecule has 124 valence electrons. The van der Waals surface area contributed by atoms with E-state index in [0.717, 1.165) is 23.4 Å². The van der Waals surface area contributed by atoms with Gasteiger partial charge in [0.05, 0.1) is 24.3 Å². The standard InChI is InChI=1S/C16H22N4O2S/c1-11(15-4-3-7-23-15)18-16(21)19-12-5-6-22-14(8-12)13-9-17-10-20(13)2/h3-4,7,9-12,14H,5-6,8H2,1-2H3,(H2,18,19,21)/t11-,12-,14+/m0/s1. The van der Waals surface area contributed by atoms with Crippen molar-refractivity contribution in [2.45, 2.75) is 38.0 Å². The lowest BCUT2D eigenvalue weighted by Crippen LogP contribution is -2.45. The van der Waals surface area contributed by atoms with E-state index in [1.54, 1.807) is 17.7 Å². The molecule has 0 bridgehead atoms. The molecule has 0 unspecified atom stereocenters. The van der Waals surface area contributed by atoms with E-state index in [9.17, 15) is 4.79 Å². The fraction of sp³-hybridized carbons (Fsp3) is 0.500. The quantitative estimate of drug-likeness (QED) is 0.903. The molecule has 1 aliphatic heterocycles. The summed E-state index contributed by atoms with van der Waals surface area (Å²) in [5, 5.41) is 8.08. The van der Waals surface area contributed by atoms with Gasteiger partial charge in [0.15, 0.2) is 0 Å². The number of hydrogen-bond acceptors (Lipinski definition) is 4. The van der Waals surface area contributed by atoms with Gasteiger partial charge in [0, 0.05) is 24.6 Å². The molecule has 3 rings (SSSR count). The Bertz CT molecular complexity index is 640. The van der Waals surface area contributed by atoms with Crippen molar-refractivity contribution in [1.82, 2.24) is 20.2 Å². The monoisotopic (exact) mass is 334 g/mol. The van der Waals surface area contributed by atoms with Crippen LogP contribution in [0.3, 0.4) is 0 Å². The van der Waals surface area contributed by atoms with Crippen molar-refractivity contribution < 1.29 is 9.53 Å². The number of ether oxygens (including phenoxy) is 1. The zero-order valence-corrected chi connectivity index (χ0v) is 14.2. The van der Waals surface area contributed by atoms with Crippen LogP contribution in [-0.2, 0) is 11.8 Å². The summed E-state index contributed by atoms with van der Waals surface area (Å²) in [5.74, 6) is 0. The minimum atomic E-state index is -0.124. The van der Waals surface area contributed by atoms with Gasteiger partial charge in [-0.25, -0.2) is 9.78 Å². The molecule has 2 aromatic heterocycles. The number of nitrogens with zero attached hydrogens (tertiary/aromatic N) is 2. The summed E-state index contributed by atoms with van der Waals surface area (Å²) < 4.78 is 7.79. The normalized spacial score (nSPS) is 22.5. The van der Waals surface area contributed by atoms with Gasteiger partial charge < -0.3 is 19.9 Å². The van der Waals surface area contributed by atoms with Gasteiger partial charge in [0.1, 0.15) is 6.10 Å². The van der Waals surface area contributed by atoms with E-state index in [0.29, 0.717) is 6.61 Å². The fourth-order valence-electron chi connectivity index (χ4n) is 2.84. The summed E-state index contributed by atoms with van der Waals surface area (Å²) in [6.07, 6.45) is 5.17. The van der Waals surface area contributed by atoms with E-state index in [4.69, 9.17) is 4.74 Å². The summed E-state index contributed by atoms with van der Waals surface area (Å²) in [7, 11) is 1.96. The molecule has 7 heteroatoms. The Morgan fingerprint density at radius 3 is 3.13 bits per heavy atom. The Labute approximate surface area is 139 Å². The first-order valence-corrected chi connectivity index (χ1v) is 8.69. The molecule has 3 atom stereocenters. The molecule has 2 N–H and O–H groups in total. The lowest BCUT2D eigenvalue weighted by molar-refractivity contribution is -0.00181. The van der Waals surface area contributed by atoms with Crippen LogP contribution in [0.25, 0.3) is 0 Å². The second kappa shape index (κ2) is 7.14. The average Bonchev–Trinajstić information content (AvgIpc) is 3.18. The molecule has 1 aliphatic rings. The summed E-state index contributed by atoms with van der Waals surface area (Å²) in [6, 6.07) is 4.03. The number of amides is 2. The second-order valence-electron chi connectivity index (χ2n) is 5.87. The Morgan fingerprint density at radius 1 is 1.57 bits per heavy atom. The number of urea groups is 1. The highest BCUT2D eigenvalue weighted by atomic mass is 32.1. The molecule has 0 radical (unpaired) electrons. The van der Waals surface area contributed by atoms with Gasteiger partial charge >= 0.3 is 6.03 Å². The molecule has 0 spiro atoms. The molecule has 23 heavy (non-hydrogen) atoms. The number of carbonyl (C=O) groups excluding carboxylic acids is 1. The van der Waals surface area contributed by atoms with Crippen molar-refractivity contribution in [2.75, 3.05) is 6.61 Å². The van der Waals surface area contributed by atoms with Gasteiger partial charge in [-0.1, -0.05) is 6.07 Å². The zero-order chi connectivity index (χ0) is 16.2. The minimum Gasteiger partial charge on any atom is -0.372 e. The molecular formula is C16H22N4O2S. The number of imidazole rings is 1. The van der Waals surface area contributed by atoms with Gasteiger partial charge in [-0.2, -0.15) is 0 Å². The van der Waals surface area contributed by atoms with Crippen molar-refractivity contribution in [1.29, 1.82) is 0 Å². The number of carbonyl (C=O) groups is 1. The predicted octanol–water partition coefficient (Wildman–Crippen LogP) is 2.76. The second-order valence-corrected chi connectivity index (χ2v) is 6.84. The maximum Gasteiger partial charge on any atom is 0.315 e. The van der Waals surface area contributed by atoms with Crippen LogP contribution in [0, 0.1) is 0 Å². The summed E-state index contributed by atoms with van der Waals surface area (Å²) in [5.41, 5.74) is 1.05. The molecule has 0 saturated carbocycles. The Morgan fingerprint density at radius 2 is 2.43 bits per heavy atom. The van der Waals surface area contributed by atoms with Crippen LogP contribution in [0.4, 0.5) is 4.79 Å².